The lowest BCUT2D eigenvalue weighted by Crippen LogP contribution is -2.52. The second-order valence-electron chi connectivity index (χ2n) is 7.87. The van der Waals surface area contributed by atoms with Gasteiger partial charge in [-0.3, -0.25) is 4.79 Å². The Hall–Kier alpha value is -3.60. The van der Waals surface area contributed by atoms with Crippen molar-refractivity contribution in [2.45, 2.75) is 24.9 Å². The number of allylic oxidation sites excluding steroid dienone is 1. The summed E-state index contributed by atoms with van der Waals surface area (Å²) in [6, 6.07) is 17.1. The highest BCUT2D eigenvalue weighted by molar-refractivity contribution is 6.23. The van der Waals surface area contributed by atoms with Crippen LogP contribution < -0.4 is 4.90 Å². The molecule has 1 unspecified atom stereocenters. The van der Waals surface area contributed by atoms with E-state index in [0.717, 1.165) is 16.5 Å². The topological polar surface area (TPSA) is 45.6 Å². The minimum atomic E-state index is -0.898. The number of carbonyl (C=O) groups excluding carboxylic acids is 2. The zero-order valence-corrected chi connectivity index (χ0v) is 16.7. The van der Waals surface area contributed by atoms with Crippen molar-refractivity contribution >= 4 is 28.5 Å². The summed E-state index contributed by atoms with van der Waals surface area (Å²) in [5.41, 5.74) is 1.91. The molecule has 0 spiro atoms. The molecular weight excluding hydrogens is 374 g/mol. The molecule has 3 amide bonds. The van der Waals surface area contributed by atoms with E-state index in [1.165, 1.54) is 4.90 Å². The molecule has 30 heavy (non-hydrogen) atoms. The van der Waals surface area contributed by atoms with Gasteiger partial charge in [0, 0.05) is 36.6 Å². The number of carbonyl (C=O) groups is 2. The van der Waals surface area contributed by atoms with Crippen molar-refractivity contribution in [2.24, 2.45) is 0 Å². The van der Waals surface area contributed by atoms with E-state index in [2.05, 4.69) is 29.5 Å². The zero-order valence-electron chi connectivity index (χ0n) is 16.7. The van der Waals surface area contributed by atoms with Gasteiger partial charge in [-0.15, -0.1) is 6.58 Å². The number of imide groups is 1. The average molecular weight is 397 g/mol. The first-order valence-electron chi connectivity index (χ1n) is 10.2. The quantitative estimate of drug-likeness (QED) is 0.469. The fourth-order valence-electron chi connectivity index (χ4n) is 4.74. The van der Waals surface area contributed by atoms with Crippen LogP contribution in [-0.4, -0.2) is 33.5 Å². The highest BCUT2D eigenvalue weighted by Crippen LogP contribution is 2.40. The van der Waals surface area contributed by atoms with Gasteiger partial charge in [0.2, 0.25) is 0 Å². The van der Waals surface area contributed by atoms with Crippen molar-refractivity contribution < 1.29 is 9.59 Å². The maximum Gasteiger partial charge on any atom is 0.332 e. The molecule has 1 fully saturated rings. The predicted molar refractivity (Wildman–Crippen MR) is 118 cm³/mol. The van der Waals surface area contributed by atoms with Crippen LogP contribution in [0.4, 0.5) is 10.5 Å². The number of anilines is 1. The van der Waals surface area contributed by atoms with Gasteiger partial charge in [-0.05, 0) is 30.2 Å². The van der Waals surface area contributed by atoms with E-state index in [4.69, 9.17) is 0 Å². The van der Waals surface area contributed by atoms with Crippen LogP contribution in [0.2, 0.25) is 0 Å². The molecule has 5 heteroatoms. The molecule has 150 valence electrons. The first kappa shape index (κ1) is 18.4. The Kier molecular flexibility index (Phi) is 4.31. The van der Waals surface area contributed by atoms with E-state index < -0.39 is 5.54 Å². The van der Waals surface area contributed by atoms with Gasteiger partial charge in [-0.2, -0.15) is 0 Å². The van der Waals surface area contributed by atoms with Crippen LogP contribution in [-0.2, 0) is 17.8 Å². The van der Waals surface area contributed by atoms with Crippen LogP contribution in [0.25, 0.3) is 10.9 Å². The largest absolute Gasteiger partial charge is 0.343 e. The fraction of sp³-hybridized carbons (Fsp3) is 0.200. The Morgan fingerprint density at radius 2 is 1.77 bits per heavy atom. The number of hydrogen-bond donors (Lipinski definition) is 0. The Balaban J connectivity index is 1.61. The standard InChI is InChI=1S/C25H23N3O2/c1-2-15-26-18-19(21-12-6-7-13-22(21)26)17-25-14-8-9-16-27(25)24(30)28(23(25)29)20-10-4-3-5-11-20/h2-13,18H,1,14-17H2. The van der Waals surface area contributed by atoms with Gasteiger partial charge in [0.15, 0.2) is 0 Å². The molecule has 1 atom stereocenters. The fourth-order valence-corrected chi connectivity index (χ4v) is 4.74. The predicted octanol–water partition coefficient (Wildman–Crippen LogP) is 4.54. The van der Waals surface area contributed by atoms with Crippen LogP contribution in [0.3, 0.4) is 0 Å². The van der Waals surface area contributed by atoms with Crippen LogP contribution in [0.5, 0.6) is 0 Å². The molecule has 1 aromatic heterocycles. The van der Waals surface area contributed by atoms with E-state index in [0.29, 0.717) is 31.6 Å². The van der Waals surface area contributed by atoms with Crippen LogP contribution in [0.1, 0.15) is 12.0 Å². The molecule has 2 aliphatic heterocycles. The molecule has 0 N–H and O–H groups in total. The SMILES string of the molecule is C=CCn1cc(CC23CC=CCN2C(=O)N(c2ccccc2)C3=O)c2ccccc21. The van der Waals surface area contributed by atoms with Crippen molar-refractivity contribution in [1.29, 1.82) is 0 Å². The van der Waals surface area contributed by atoms with Gasteiger partial charge in [-0.25, -0.2) is 9.69 Å². The third kappa shape index (κ3) is 2.62. The normalized spacial score (nSPS) is 20.8. The molecule has 0 aliphatic carbocycles. The molecule has 2 aromatic carbocycles. The summed E-state index contributed by atoms with van der Waals surface area (Å²) in [6.45, 7) is 5.00. The molecule has 5 rings (SSSR count). The summed E-state index contributed by atoms with van der Waals surface area (Å²) in [7, 11) is 0. The lowest BCUT2D eigenvalue weighted by Gasteiger charge is -2.36. The van der Waals surface area contributed by atoms with Crippen LogP contribution in [0, 0.1) is 0 Å². The number of benzene rings is 2. The third-order valence-corrected chi connectivity index (χ3v) is 6.14. The summed E-state index contributed by atoms with van der Waals surface area (Å²) in [6.07, 6.45) is 8.96. The highest BCUT2D eigenvalue weighted by Gasteiger charge is 2.57. The maximum absolute atomic E-state index is 13.8. The average Bonchev–Trinajstić information content (AvgIpc) is 3.22. The number of aromatic nitrogens is 1. The maximum atomic E-state index is 13.8. The summed E-state index contributed by atoms with van der Waals surface area (Å²) >= 11 is 0. The van der Waals surface area contributed by atoms with E-state index in [1.807, 2.05) is 60.7 Å². The van der Waals surface area contributed by atoms with E-state index in [-0.39, 0.29) is 11.9 Å². The molecular formula is C25H23N3O2. The van der Waals surface area contributed by atoms with Crippen LogP contribution in [0.15, 0.2) is 85.6 Å². The van der Waals surface area contributed by atoms with E-state index in [1.54, 1.807) is 4.90 Å². The Bertz CT molecular complexity index is 1180. The Morgan fingerprint density at radius 1 is 1.00 bits per heavy atom. The molecule has 0 bridgehead atoms. The first-order chi connectivity index (χ1) is 14.7. The minimum absolute atomic E-state index is 0.149. The smallest absolute Gasteiger partial charge is 0.332 e. The Morgan fingerprint density at radius 3 is 2.57 bits per heavy atom. The van der Waals surface area contributed by atoms with E-state index in [9.17, 15) is 9.59 Å². The second kappa shape index (κ2) is 7.02. The molecule has 3 heterocycles. The number of nitrogens with zero attached hydrogens (tertiary/aromatic N) is 3. The summed E-state index contributed by atoms with van der Waals surface area (Å²) in [5.74, 6) is -0.149. The molecule has 0 saturated carbocycles. The van der Waals surface area contributed by atoms with E-state index >= 15 is 0 Å². The van der Waals surface area contributed by atoms with Crippen molar-refractivity contribution in [1.82, 2.24) is 9.47 Å². The molecule has 0 radical (unpaired) electrons. The monoisotopic (exact) mass is 397 g/mol. The molecule has 3 aromatic rings. The summed E-state index contributed by atoms with van der Waals surface area (Å²) < 4.78 is 2.15. The molecule has 1 saturated heterocycles. The van der Waals surface area contributed by atoms with Crippen molar-refractivity contribution in [3.63, 3.8) is 0 Å². The number of urea groups is 1. The number of amides is 3. The van der Waals surface area contributed by atoms with Crippen molar-refractivity contribution in [2.75, 3.05) is 11.4 Å². The molecule has 2 aliphatic rings. The van der Waals surface area contributed by atoms with Crippen molar-refractivity contribution in [3.8, 4) is 0 Å². The van der Waals surface area contributed by atoms with Gasteiger partial charge in [0.05, 0.1) is 5.69 Å². The van der Waals surface area contributed by atoms with Gasteiger partial charge < -0.3 is 9.47 Å². The van der Waals surface area contributed by atoms with Gasteiger partial charge >= 0.3 is 6.03 Å². The van der Waals surface area contributed by atoms with Gasteiger partial charge in [-0.1, -0.05) is 54.6 Å². The number of rotatable bonds is 5. The number of hydrogen-bond acceptors (Lipinski definition) is 2. The first-order valence-corrected chi connectivity index (χ1v) is 10.2. The lowest BCUT2D eigenvalue weighted by atomic mass is 9.84. The zero-order chi connectivity index (χ0) is 20.7. The van der Waals surface area contributed by atoms with Gasteiger partial charge in [0.25, 0.3) is 5.91 Å². The van der Waals surface area contributed by atoms with Gasteiger partial charge in [0.1, 0.15) is 5.54 Å². The second-order valence-corrected chi connectivity index (χ2v) is 7.87. The third-order valence-electron chi connectivity index (χ3n) is 6.14. The lowest BCUT2D eigenvalue weighted by molar-refractivity contribution is -0.124. The molecule has 5 nitrogen and oxygen atoms in total. The Labute approximate surface area is 175 Å². The number of para-hydroxylation sites is 2. The number of fused-ring (bicyclic) bond motifs is 2. The minimum Gasteiger partial charge on any atom is -0.343 e. The van der Waals surface area contributed by atoms with Crippen molar-refractivity contribution in [3.05, 3.63) is 91.2 Å². The van der Waals surface area contributed by atoms with Crippen LogP contribution >= 0.6 is 0 Å². The highest BCUT2D eigenvalue weighted by atomic mass is 16.2. The summed E-state index contributed by atoms with van der Waals surface area (Å²) in [5, 5.41) is 1.11. The summed E-state index contributed by atoms with van der Waals surface area (Å²) in [4.78, 5) is 30.1.